The summed E-state index contributed by atoms with van der Waals surface area (Å²) in [6.45, 7) is 4.38. The minimum absolute atomic E-state index is 0.210. The highest BCUT2D eigenvalue weighted by Gasteiger charge is 2.08. The summed E-state index contributed by atoms with van der Waals surface area (Å²) in [6, 6.07) is 9.19. The molecule has 0 spiro atoms. The van der Waals surface area contributed by atoms with Crippen LogP contribution in [0.4, 0.5) is 0 Å². The molecule has 5 nitrogen and oxygen atoms in total. The number of aromatic nitrogens is 2. The van der Waals surface area contributed by atoms with Gasteiger partial charge in [-0.15, -0.1) is 0 Å². The maximum Gasteiger partial charge on any atom is 0.337 e. The zero-order chi connectivity index (χ0) is 14.4. The molecule has 2 rings (SSSR count). The average molecular weight is 271 g/mol. The van der Waals surface area contributed by atoms with Crippen molar-refractivity contribution in [1.29, 1.82) is 0 Å². The number of hydrogen-bond donors (Lipinski definition) is 1. The molecule has 0 aliphatic rings. The van der Waals surface area contributed by atoms with Crippen molar-refractivity contribution in [2.75, 3.05) is 6.54 Å². The predicted octanol–water partition coefficient (Wildman–Crippen LogP) is 2.20. The number of rotatable bonds is 6. The Morgan fingerprint density at radius 1 is 1.15 bits per heavy atom. The molecule has 0 fully saturated rings. The molecule has 0 aromatic carbocycles. The van der Waals surface area contributed by atoms with Gasteiger partial charge in [0.2, 0.25) is 0 Å². The van der Waals surface area contributed by atoms with Gasteiger partial charge in [0.15, 0.2) is 0 Å². The number of aromatic carboxylic acids is 1. The number of pyridine rings is 2. The van der Waals surface area contributed by atoms with Crippen molar-refractivity contribution in [2.24, 2.45) is 0 Å². The summed E-state index contributed by atoms with van der Waals surface area (Å²) in [6.07, 6.45) is 3.18. The Balaban J connectivity index is 2.01. The summed E-state index contributed by atoms with van der Waals surface area (Å²) in [4.78, 5) is 21.5. The molecular formula is C15H17N3O2. The topological polar surface area (TPSA) is 66.3 Å². The first-order valence-electron chi connectivity index (χ1n) is 6.49. The second-order valence-corrected chi connectivity index (χ2v) is 4.47. The summed E-state index contributed by atoms with van der Waals surface area (Å²) in [5.41, 5.74) is 2.07. The van der Waals surface area contributed by atoms with E-state index in [0.29, 0.717) is 6.54 Å². The first-order valence-corrected chi connectivity index (χ1v) is 6.49. The summed E-state index contributed by atoms with van der Waals surface area (Å²) < 4.78 is 0. The Kier molecular flexibility index (Phi) is 4.79. The number of carbonyl (C=O) groups is 1. The van der Waals surface area contributed by atoms with Gasteiger partial charge in [-0.1, -0.05) is 13.0 Å². The molecule has 104 valence electrons. The van der Waals surface area contributed by atoms with E-state index < -0.39 is 5.97 Å². The van der Waals surface area contributed by atoms with Gasteiger partial charge in [0, 0.05) is 25.5 Å². The van der Waals surface area contributed by atoms with Crippen molar-refractivity contribution in [1.82, 2.24) is 14.9 Å². The highest BCUT2D eigenvalue weighted by atomic mass is 16.4. The quantitative estimate of drug-likeness (QED) is 0.872. The molecule has 2 aromatic rings. The van der Waals surface area contributed by atoms with Gasteiger partial charge >= 0.3 is 5.97 Å². The molecular weight excluding hydrogens is 254 g/mol. The van der Waals surface area contributed by atoms with Gasteiger partial charge in [-0.3, -0.25) is 14.9 Å². The van der Waals surface area contributed by atoms with E-state index in [1.807, 2.05) is 18.2 Å². The lowest BCUT2D eigenvalue weighted by atomic mass is 10.2. The highest BCUT2D eigenvalue weighted by Crippen LogP contribution is 2.07. The van der Waals surface area contributed by atoms with E-state index in [2.05, 4.69) is 21.8 Å². The van der Waals surface area contributed by atoms with E-state index in [1.165, 1.54) is 6.20 Å². The Morgan fingerprint density at radius 3 is 2.40 bits per heavy atom. The molecule has 0 aliphatic heterocycles. The first-order chi connectivity index (χ1) is 9.69. The van der Waals surface area contributed by atoms with Crippen LogP contribution in [0.5, 0.6) is 0 Å². The lowest BCUT2D eigenvalue weighted by molar-refractivity contribution is 0.0696. The first kappa shape index (κ1) is 14.1. The fourth-order valence-corrected chi connectivity index (χ4v) is 1.87. The molecule has 1 N–H and O–H groups in total. The number of hydrogen-bond acceptors (Lipinski definition) is 4. The SMILES string of the molecule is CCN(Cc1ccccn1)Cc1ccc(C(=O)O)cn1. The third-order valence-electron chi connectivity index (χ3n) is 3.02. The maximum atomic E-state index is 10.8. The van der Waals surface area contributed by atoms with Gasteiger partial charge in [0.05, 0.1) is 17.0 Å². The molecule has 2 aromatic heterocycles. The minimum atomic E-state index is -0.954. The Bertz CT molecular complexity index is 555. The molecule has 0 aliphatic carbocycles. The Morgan fingerprint density at radius 2 is 1.90 bits per heavy atom. The van der Waals surface area contributed by atoms with Gasteiger partial charge in [0.25, 0.3) is 0 Å². The van der Waals surface area contributed by atoms with Crippen LogP contribution in [0, 0.1) is 0 Å². The standard InChI is InChI=1S/C15H17N3O2/c1-2-18(10-13-5-3-4-8-16-13)11-14-7-6-12(9-17-14)15(19)20/h3-9H,2,10-11H2,1H3,(H,19,20). The molecule has 0 unspecified atom stereocenters. The molecule has 20 heavy (non-hydrogen) atoms. The van der Waals surface area contributed by atoms with E-state index in [-0.39, 0.29) is 5.56 Å². The van der Waals surface area contributed by atoms with Gasteiger partial charge < -0.3 is 5.11 Å². The highest BCUT2D eigenvalue weighted by molar-refractivity contribution is 5.87. The summed E-state index contributed by atoms with van der Waals surface area (Å²) in [5.74, 6) is -0.954. The van der Waals surface area contributed by atoms with Crippen LogP contribution in [0.15, 0.2) is 42.7 Å². The van der Waals surface area contributed by atoms with Gasteiger partial charge in [0.1, 0.15) is 0 Å². The Hall–Kier alpha value is -2.27. The van der Waals surface area contributed by atoms with Crippen LogP contribution in [0.2, 0.25) is 0 Å². The van der Waals surface area contributed by atoms with Crippen LogP contribution < -0.4 is 0 Å². The smallest absolute Gasteiger partial charge is 0.337 e. The fourth-order valence-electron chi connectivity index (χ4n) is 1.87. The van der Waals surface area contributed by atoms with Crippen LogP contribution in [0.1, 0.15) is 28.7 Å². The predicted molar refractivity (Wildman–Crippen MR) is 75.2 cm³/mol. The van der Waals surface area contributed by atoms with Crippen LogP contribution in [-0.4, -0.2) is 32.5 Å². The second kappa shape index (κ2) is 6.77. The lowest BCUT2D eigenvalue weighted by Crippen LogP contribution is -2.23. The summed E-state index contributed by atoms with van der Waals surface area (Å²) >= 11 is 0. The molecule has 0 atom stereocenters. The van der Waals surface area contributed by atoms with Crippen LogP contribution >= 0.6 is 0 Å². The summed E-state index contributed by atoms with van der Waals surface area (Å²) in [7, 11) is 0. The monoisotopic (exact) mass is 271 g/mol. The second-order valence-electron chi connectivity index (χ2n) is 4.47. The third-order valence-corrected chi connectivity index (χ3v) is 3.02. The molecule has 0 saturated heterocycles. The van der Waals surface area contributed by atoms with Crippen molar-refractivity contribution >= 4 is 5.97 Å². The molecule has 0 radical (unpaired) electrons. The van der Waals surface area contributed by atoms with Crippen molar-refractivity contribution in [3.63, 3.8) is 0 Å². The van der Waals surface area contributed by atoms with Gasteiger partial charge in [-0.05, 0) is 30.8 Å². The normalized spacial score (nSPS) is 10.7. The van der Waals surface area contributed by atoms with Gasteiger partial charge in [-0.2, -0.15) is 0 Å². The summed E-state index contributed by atoms with van der Waals surface area (Å²) in [5, 5.41) is 8.84. The third kappa shape index (κ3) is 3.86. The van der Waals surface area contributed by atoms with Crippen LogP contribution in [-0.2, 0) is 13.1 Å². The lowest BCUT2D eigenvalue weighted by Gasteiger charge is -2.19. The van der Waals surface area contributed by atoms with Crippen LogP contribution in [0.25, 0.3) is 0 Å². The van der Waals surface area contributed by atoms with E-state index in [4.69, 9.17) is 5.11 Å². The van der Waals surface area contributed by atoms with Crippen molar-refractivity contribution < 1.29 is 9.90 Å². The van der Waals surface area contributed by atoms with Crippen molar-refractivity contribution in [2.45, 2.75) is 20.0 Å². The molecule has 0 saturated carbocycles. The number of carboxylic acid groups (broad SMARTS) is 1. The molecule has 0 bridgehead atoms. The zero-order valence-corrected chi connectivity index (χ0v) is 11.4. The fraction of sp³-hybridized carbons (Fsp3) is 0.267. The minimum Gasteiger partial charge on any atom is -0.478 e. The number of nitrogens with zero attached hydrogens (tertiary/aromatic N) is 3. The molecule has 0 amide bonds. The van der Waals surface area contributed by atoms with Crippen LogP contribution in [0.3, 0.4) is 0 Å². The van der Waals surface area contributed by atoms with E-state index >= 15 is 0 Å². The van der Waals surface area contributed by atoms with Gasteiger partial charge in [-0.25, -0.2) is 4.79 Å². The Labute approximate surface area is 117 Å². The average Bonchev–Trinajstić information content (AvgIpc) is 2.48. The largest absolute Gasteiger partial charge is 0.478 e. The van der Waals surface area contributed by atoms with E-state index in [9.17, 15) is 4.79 Å². The van der Waals surface area contributed by atoms with E-state index in [1.54, 1.807) is 18.3 Å². The molecule has 5 heteroatoms. The van der Waals surface area contributed by atoms with Crippen molar-refractivity contribution in [3.8, 4) is 0 Å². The zero-order valence-electron chi connectivity index (χ0n) is 11.4. The van der Waals surface area contributed by atoms with Crippen molar-refractivity contribution in [3.05, 3.63) is 59.7 Å². The van der Waals surface area contributed by atoms with E-state index in [0.717, 1.165) is 24.5 Å². The molecule has 2 heterocycles. The number of carboxylic acids is 1. The maximum absolute atomic E-state index is 10.8.